The number of amides is 2. The molecule has 0 saturated heterocycles. The van der Waals surface area contributed by atoms with Gasteiger partial charge in [-0.2, -0.15) is 0 Å². The maximum atomic E-state index is 11.9. The lowest BCUT2D eigenvalue weighted by atomic mass is 9.93. The molecule has 2 amide bonds. The molecule has 1 heterocycles. The van der Waals surface area contributed by atoms with Crippen LogP contribution in [0.2, 0.25) is 0 Å². The van der Waals surface area contributed by atoms with Crippen molar-refractivity contribution in [3.8, 4) is 5.69 Å². The summed E-state index contributed by atoms with van der Waals surface area (Å²) in [5.74, 6) is 0. The van der Waals surface area contributed by atoms with Gasteiger partial charge in [0, 0.05) is 24.6 Å². The molecule has 3 rings (SSSR count). The van der Waals surface area contributed by atoms with E-state index in [1.807, 2.05) is 35.0 Å². The second-order valence-corrected chi connectivity index (χ2v) is 5.92. The van der Waals surface area contributed by atoms with Gasteiger partial charge in [0.05, 0.1) is 18.5 Å². The summed E-state index contributed by atoms with van der Waals surface area (Å²) in [6.45, 7) is 0.457. The van der Waals surface area contributed by atoms with Crippen LogP contribution in [0.3, 0.4) is 0 Å². The van der Waals surface area contributed by atoms with Crippen molar-refractivity contribution < 1.29 is 9.90 Å². The minimum Gasteiger partial charge on any atom is -0.391 e. The van der Waals surface area contributed by atoms with Crippen LogP contribution in [0.4, 0.5) is 4.79 Å². The molecule has 0 aliphatic heterocycles. The molecule has 122 valence electrons. The van der Waals surface area contributed by atoms with Crippen molar-refractivity contribution in [2.45, 2.75) is 44.4 Å². The number of aliphatic hydroxyl groups is 1. The predicted molar refractivity (Wildman–Crippen MR) is 87.2 cm³/mol. The van der Waals surface area contributed by atoms with Gasteiger partial charge in [-0.1, -0.05) is 25.0 Å². The van der Waals surface area contributed by atoms with Crippen LogP contribution < -0.4 is 10.6 Å². The highest BCUT2D eigenvalue weighted by Gasteiger charge is 2.24. The maximum Gasteiger partial charge on any atom is 0.315 e. The average molecular weight is 314 g/mol. The highest BCUT2D eigenvalue weighted by molar-refractivity contribution is 5.74. The molecule has 1 aromatic carbocycles. The van der Waals surface area contributed by atoms with Crippen molar-refractivity contribution in [1.82, 2.24) is 20.2 Å². The number of hydrogen-bond acceptors (Lipinski definition) is 3. The Labute approximate surface area is 135 Å². The highest BCUT2D eigenvalue weighted by Crippen LogP contribution is 2.18. The van der Waals surface area contributed by atoms with E-state index in [2.05, 4.69) is 15.6 Å². The zero-order chi connectivity index (χ0) is 16.1. The lowest BCUT2D eigenvalue weighted by molar-refractivity contribution is 0.0943. The van der Waals surface area contributed by atoms with Crippen molar-refractivity contribution in [2.75, 3.05) is 0 Å². The highest BCUT2D eigenvalue weighted by atomic mass is 16.3. The molecule has 2 aromatic rings. The molecular weight excluding hydrogens is 292 g/mol. The van der Waals surface area contributed by atoms with Gasteiger partial charge in [-0.05, 0) is 30.5 Å². The number of nitrogens with zero attached hydrogens (tertiary/aromatic N) is 2. The second-order valence-electron chi connectivity index (χ2n) is 5.92. The van der Waals surface area contributed by atoms with Crippen LogP contribution in [0.1, 0.15) is 31.2 Å². The number of benzene rings is 1. The second kappa shape index (κ2) is 7.28. The van der Waals surface area contributed by atoms with Crippen molar-refractivity contribution in [3.63, 3.8) is 0 Å². The zero-order valence-electron chi connectivity index (χ0n) is 13.0. The van der Waals surface area contributed by atoms with Gasteiger partial charge < -0.3 is 20.3 Å². The number of carbonyl (C=O) groups excluding carboxylic acids is 1. The van der Waals surface area contributed by atoms with Gasteiger partial charge in [0.1, 0.15) is 0 Å². The molecule has 2 unspecified atom stereocenters. The Morgan fingerprint density at radius 1 is 1.26 bits per heavy atom. The van der Waals surface area contributed by atoms with Crippen LogP contribution in [0.25, 0.3) is 5.69 Å². The third-order valence-electron chi connectivity index (χ3n) is 4.24. The van der Waals surface area contributed by atoms with E-state index in [0.29, 0.717) is 6.54 Å². The van der Waals surface area contributed by atoms with Crippen molar-refractivity contribution >= 4 is 6.03 Å². The first-order valence-corrected chi connectivity index (χ1v) is 8.02. The molecule has 1 fully saturated rings. The number of imidazole rings is 1. The molecule has 0 radical (unpaired) electrons. The van der Waals surface area contributed by atoms with Crippen molar-refractivity contribution in [3.05, 3.63) is 48.5 Å². The summed E-state index contributed by atoms with van der Waals surface area (Å²) >= 11 is 0. The van der Waals surface area contributed by atoms with Crippen LogP contribution in [-0.4, -0.2) is 32.8 Å². The summed E-state index contributed by atoms with van der Waals surface area (Å²) in [7, 11) is 0. The van der Waals surface area contributed by atoms with Crippen LogP contribution in [0, 0.1) is 0 Å². The van der Waals surface area contributed by atoms with E-state index in [1.54, 1.807) is 12.5 Å². The van der Waals surface area contributed by atoms with Crippen LogP contribution in [0.5, 0.6) is 0 Å². The van der Waals surface area contributed by atoms with Crippen molar-refractivity contribution in [1.29, 1.82) is 0 Å². The number of aromatic nitrogens is 2. The van der Waals surface area contributed by atoms with Crippen LogP contribution in [0.15, 0.2) is 43.0 Å². The Morgan fingerprint density at radius 3 is 2.74 bits per heavy atom. The van der Waals surface area contributed by atoms with Gasteiger partial charge in [0.2, 0.25) is 0 Å². The number of urea groups is 1. The number of carbonyl (C=O) groups is 1. The molecule has 0 bridgehead atoms. The van der Waals surface area contributed by atoms with Gasteiger partial charge in [0.15, 0.2) is 0 Å². The fraction of sp³-hybridized carbons (Fsp3) is 0.412. The first-order valence-electron chi connectivity index (χ1n) is 8.02. The molecule has 2 atom stereocenters. The molecule has 3 N–H and O–H groups in total. The first kappa shape index (κ1) is 15.6. The fourth-order valence-corrected chi connectivity index (χ4v) is 2.88. The molecule has 6 heteroatoms. The van der Waals surface area contributed by atoms with E-state index >= 15 is 0 Å². The normalized spacial score (nSPS) is 20.9. The molecule has 0 spiro atoms. The Kier molecular flexibility index (Phi) is 4.92. The third-order valence-corrected chi connectivity index (χ3v) is 4.24. The van der Waals surface area contributed by atoms with Gasteiger partial charge in [-0.15, -0.1) is 0 Å². The summed E-state index contributed by atoms with van der Waals surface area (Å²) in [5.41, 5.74) is 2.05. The summed E-state index contributed by atoms with van der Waals surface area (Å²) in [6, 6.07) is 7.57. The fourth-order valence-electron chi connectivity index (χ4n) is 2.88. The largest absolute Gasteiger partial charge is 0.391 e. The molecule has 23 heavy (non-hydrogen) atoms. The lowest BCUT2D eigenvalue weighted by Gasteiger charge is -2.28. The lowest BCUT2D eigenvalue weighted by Crippen LogP contribution is -2.48. The van der Waals surface area contributed by atoms with E-state index in [-0.39, 0.29) is 12.1 Å². The maximum absolute atomic E-state index is 11.9. The molecule has 1 saturated carbocycles. The smallest absolute Gasteiger partial charge is 0.315 e. The Hall–Kier alpha value is -2.34. The molecule has 6 nitrogen and oxygen atoms in total. The number of nitrogens with one attached hydrogen (secondary N) is 2. The van der Waals surface area contributed by atoms with Gasteiger partial charge >= 0.3 is 6.03 Å². The molecule has 1 aliphatic carbocycles. The van der Waals surface area contributed by atoms with Crippen LogP contribution in [-0.2, 0) is 6.54 Å². The first-order chi connectivity index (χ1) is 11.2. The van der Waals surface area contributed by atoms with Gasteiger partial charge in [-0.25, -0.2) is 9.78 Å². The van der Waals surface area contributed by atoms with Crippen molar-refractivity contribution in [2.24, 2.45) is 0 Å². The van der Waals surface area contributed by atoms with E-state index in [9.17, 15) is 9.90 Å². The summed E-state index contributed by atoms with van der Waals surface area (Å²) < 4.78 is 1.92. The number of hydrogen-bond donors (Lipinski definition) is 3. The Balaban J connectivity index is 1.49. The number of aliphatic hydroxyl groups excluding tert-OH is 1. The monoisotopic (exact) mass is 314 g/mol. The third kappa shape index (κ3) is 4.10. The summed E-state index contributed by atoms with van der Waals surface area (Å²) in [5, 5.41) is 15.6. The molecule has 1 aromatic heterocycles. The molecule has 1 aliphatic rings. The minimum absolute atomic E-state index is 0.132. The zero-order valence-corrected chi connectivity index (χ0v) is 13.0. The Morgan fingerprint density at radius 2 is 2.04 bits per heavy atom. The van der Waals surface area contributed by atoms with E-state index in [1.165, 1.54) is 0 Å². The summed E-state index contributed by atoms with van der Waals surface area (Å²) in [6.07, 6.45) is 8.63. The van der Waals surface area contributed by atoms with E-state index in [0.717, 1.165) is 36.9 Å². The predicted octanol–water partition coefficient (Wildman–Crippen LogP) is 1.98. The number of rotatable bonds is 4. The minimum atomic E-state index is -0.427. The van der Waals surface area contributed by atoms with E-state index < -0.39 is 6.10 Å². The quantitative estimate of drug-likeness (QED) is 0.807. The summed E-state index contributed by atoms with van der Waals surface area (Å²) in [4.78, 5) is 16.0. The Bertz CT molecular complexity index is 625. The standard InChI is InChI=1S/C17H22N4O2/c22-16-4-2-1-3-15(16)20-17(23)19-11-13-5-7-14(8-6-13)21-10-9-18-12-21/h5-10,12,15-16,22H,1-4,11H2,(H2,19,20,23). The van der Waals surface area contributed by atoms with Crippen LogP contribution >= 0.6 is 0 Å². The van der Waals surface area contributed by atoms with Gasteiger partial charge in [-0.3, -0.25) is 0 Å². The SMILES string of the molecule is O=C(NCc1ccc(-n2ccnc2)cc1)NC1CCCCC1O. The average Bonchev–Trinajstić information content (AvgIpc) is 3.10. The molecular formula is C17H22N4O2. The van der Waals surface area contributed by atoms with Gasteiger partial charge in [0.25, 0.3) is 0 Å². The topological polar surface area (TPSA) is 79.2 Å². The van der Waals surface area contributed by atoms with E-state index in [4.69, 9.17) is 0 Å².